The Morgan fingerprint density at radius 2 is 2.06 bits per heavy atom. The normalized spacial score (nSPS) is 11.8. The van der Waals surface area contributed by atoms with Gasteiger partial charge >= 0.3 is 0 Å². The standard InChI is InChI=1S/C8H11BrN2O3S2/c1-10-8(12)5-4-6(7(9)15-5)16(13,14)11(2)3/h4H,1-3H3,(H,10,12). The summed E-state index contributed by atoms with van der Waals surface area (Å²) in [4.78, 5) is 11.8. The third kappa shape index (κ3) is 2.45. The van der Waals surface area contributed by atoms with Crippen molar-refractivity contribution in [1.29, 1.82) is 0 Å². The molecular formula is C8H11BrN2O3S2. The van der Waals surface area contributed by atoms with Crippen LogP contribution in [0.25, 0.3) is 0 Å². The zero-order valence-corrected chi connectivity index (χ0v) is 12.2. The van der Waals surface area contributed by atoms with Crippen molar-refractivity contribution in [2.75, 3.05) is 21.1 Å². The first-order valence-corrected chi connectivity index (χ1v) is 7.29. The Labute approximate surface area is 107 Å². The number of carbonyl (C=O) groups excluding carboxylic acids is 1. The van der Waals surface area contributed by atoms with E-state index in [2.05, 4.69) is 21.2 Å². The second-order valence-corrected chi connectivity index (χ2v) is 7.61. The molecule has 0 saturated heterocycles. The van der Waals surface area contributed by atoms with Gasteiger partial charge < -0.3 is 5.32 Å². The molecule has 1 amide bonds. The maximum Gasteiger partial charge on any atom is 0.261 e. The van der Waals surface area contributed by atoms with Gasteiger partial charge in [0.05, 0.1) is 8.66 Å². The molecule has 0 aromatic carbocycles. The molecule has 0 unspecified atom stereocenters. The zero-order chi connectivity index (χ0) is 12.5. The summed E-state index contributed by atoms with van der Waals surface area (Å²) in [6.07, 6.45) is 0. The maximum atomic E-state index is 11.8. The molecule has 5 nitrogen and oxygen atoms in total. The minimum atomic E-state index is -3.51. The van der Waals surface area contributed by atoms with Gasteiger partial charge in [-0.05, 0) is 22.0 Å². The summed E-state index contributed by atoms with van der Waals surface area (Å²) in [7, 11) is 0.871. The van der Waals surface area contributed by atoms with Crippen LogP contribution in [0.3, 0.4) is 0 Å². The van der Waals surface area contributed by atoms with E-state index in [1.165, 1.54) is 27.2 Å². The van der Waals surface area contributed by atoms with Gasteiger partial charge in [-0.2, -0.15) is 0 Å². The first-order chi connectivity index (χ1) is 7.30. The molecule has 0 bridgehead atoms. The van der Waals surface area contributed by atoms with Crippen molar-refractivity contribution in [1.82, 2.24) is 9.62 Å². The Morgan fingerprint density at radius 3 is 2.50 bits per heavy atom. The highest BCUT2D eigenvalue weighted by molar-refractivity contribution is 9.11. The molecule has 1 aromatic heterocycles. The molecule has 0 spiro atoms. The molecule has 1 aromatic rings. The molecule has 0 aliphatic heterocycles. The van der Waals surface area contributed by atoms with Crippen molar-refractivity contribution in [3.8, 4) is 0 Å². The largest absolute Gasteiger partial charge is 0.354 e. The van der Waals surface area contributed by atoms with Crippen LogP contribution in [0.2, 0.25) is 0 Å². The molecule has 1 heterocycles. The van der Waals surface area contributed by atoms with Crippen molar-refractivity contribution >= 4 is 43.2 Å². The van der Waals surface area contributed by atoms with Gasteiger partial charge in [0.15, 0.2) is 0 Å². The van der Waals surface area contributed by atoms with E-state index in [1.807, 2.05) is 0 Å². The van der Waals surface area contributed by atoms with Crippen LogP contribution in [-0.2, 0) is 10.0 Å². The third-order valence-electron chi connectivity index (χ3n) is 1.86. The van der Waals surface area contributed by atoms with Gasteiger partial charge in [0.2, 0.25) is 10.0 Å². The molecule has 0 radical (unpaired) electrons. The fraction of sp³-hybridized carbons (Fsp3) is 0.375. The number of sulfonamides is 1. The van der Waals surface area contributed by atoms with E-state index in [1.54, 1.807) is 0 Å². The molecule has 0 atom stereocenters. The van der Waals surface area contributed by atoms with Crippen molar-refractivity contribution < 1.29 is 13.2 Å². The van der Waals surface area contributed by atoms with Crippen molar-refractivity contribution in [3.63, 3.8) is 0 Å². The van der Waals surface area contributed by atoms with E-state index >= 15 is 0 Å². The predicted molar refractivity (Wildman–Crippen MR) is 66.3 cm³/mol. The van der Waals surface area contributed by atoms with E-state index in [-0.39, 0.29) is 10.8 Å². The molecule has 0 saturated carbocycles. The monoisotopic (exact) mass is 326 g/mol. The lowest BCUT2D eigenvalue weighted by Gasteiger charge is -2.09. The van der Waals surface area contributed by atoms with Crippen molar-refractivity contribution in [3.05, 3.63) is 14.7 Å². The molecule has 16 heavy (non-hydrogen) atoms. The molecule has 0 fully saturated rings. The maximum absolute atomic E-state index is 11.8. The van der Waals surface area contributed by atoms with Gasteiger partial charge in [-0.25, -0.2) is 12.7 Å². The molecule has 1 rings (SSSR count). The molecular weight excluding hydrogens is 316 g/mol. The highest BCUT2D eigenvalue weighted by Crippen LogP contribution is 2.32. The lowest BCUT2D eigenvalue weighted by Crippen LogP contribution is -2.22. The van der Waals surface area contributed by atoms with Gasteiger partial charge in [-0.3, -0.25) is 4.79 Å². The fourth-order valence-corrected chi connectivity index (χ4v) is 4.31. The Balaban J connectivity index is 3.28. The number of amides is 1. The SMILES string of the molecule is CNC(=O)c1cc(S(=O)(=O)N(C)C)c(Br)s1. The summed E-state index contributed by atoms with van der Waals surface area (Å²) in [5.74, 6) is -0.300. The first-order valence-electron chi connectivity index (χ1n) is 4.24. The van der Waals surface area contributed by atoms with Crippen LogP contribution in [-0.4, -0.2) is 39.8 Å². The minimum Gasteiger partial charge on any atom is -0.354 e. The quantitative estimate of drug-likeness (QED) is 0.905. The van der Waals surface area contributed by atoms with Crippen LogP contribution in [0, 0.1) is 0 Å². The predicted octanol–water partition coefficient (Wildman–Crippen LogP) is 1.12. The molecule has 90 valence electrons. The minimum absolute atomic E-state index is 0.112. The fourth-order valence-electron chi connectivity index (χ4n) is 0.960. The van der Waals surface area contributed by atoms with E-state index in [4.69, 9.17) is 0 Å². The lowest BCUT2D eigenvalue weighted by atomic mass is 10.4. The first kappa shape index (κ1) is 13.6. The van der Waals surface area contributed by atoms with Gasteiger partial charge in [0.25, 0.3) is 5.91 Å². The van der Waals surface area contributed by atoms with Crippen molar-refractivity contribution in [2.45, 2.75) is 4.90 Å². The van der Waals surface area contributed by atoms with E-state index in [9.17, 15) is 13.2 Å². The number of nitrogens with one attached hydrogen (secondary N) is 1. The second-order valence-electron chi connectivity index (χ2n) is 3.12. The second kappa shape index (κ2) is 4.82. The third-order valence-corrected chi connectivity index (χ3v) is 5.93. The number of rotatable bonds is 3. The smallest absolute Gasteiger partial charge is 0.261 e. The lowest BCUT2D eigenvalue weighted by molar-refractivity contribution is 0.0967. The van der Waals surface area contributed by atoms with Crippen LogP contribution < -0.4 is 5.32 Å². The summed E-state index contributed by atoms with van der Waals surface area (Å²) >= 11 is 4.24. The van der Waals surface area contributed by atoms with Gasteiger partial charge in [0.1, 0.15) is 4.90 Å². The van der Waals surface area contributed by atoms with E-state index < -0.39 is 10.0 Å². The summed E-state index contributed by atoms with van der Waals surface area (Å²) in [6, 6.07) is 1.36. The number of halogens is 1. The Kier molecular flexibility index (Phi) is 4.11. The van der Waals surface area contributed by atoms with Crippen LogP contribution in [0.5, 0.6) is 0 Å². The topological polar surface area (TPSA) is 66.5 Å². The van der Waals surface area contributed by atoms with Gasteiger partial charge in [0, 0.05) is 21.1 Å². The van der Waals surface area contributed by atoms with Gasteiger partial charge in [-0.1, -0.05) is 0 Å². The number of thiophene rings is 1. The van der Waals surface area contributed by atoms with E-state index in [0.717, 1.165) is 15.6 Å². The highest BCUT2D eigenvalue weighted by atomic mass is 79.9. The summed E-state index contributed by atoms with van der Waals surface area (Å²) in [5.41, 5.74) is 0. The van der Waals surface area contributed by atoms with Crippen LogP contribution >= 0.6 is 27.3 Å². The number of hydrogen-bond donors (Lipinski definition) is 1. The average molecular weight is 327 g/mol. The molecule has 8 heteroatoms. The molecule has 0 aliphatic rings. The Morgan fingerprint density at radius 1 is 1.50 bits per heavy atom. The zero-order valence-electron chi connectivity index (χ0n) is 8.94. The average Bonchev–Trinajstić information content (AvgIpc) is 2.59. The van der Waals surface area contributed by atoms with E-state index in [0.29, 0.717) is 8.66 Å². The number of nitrogens with zero attached hydrogens (tertiary/aromatic N) is 1. The van der Waals surface area contributed by atoms with Crippen LogP contribution in [0.4, 0.5) is 0 Å². The van der Waals surface area contributed by atoms with Gasteiger partial charge in [-0.15, -0.1) is 11.3 Å². The number of hydrogen-bond acceptors (Lipinski definition) is 4. The number of carbonyl (C=O) groups is 1. The highest BCUT2D eigenvalue weighted by Gasteiger charge is 2.24. The Bertz CT molecular complexity index is 507. The van der Waals surface area contributed by atoms with Crippen LogP contribution in [0.1, 0.15) is 9.67 Å². The van der Waals surface area contributed by atoms with Crippen LogP contribution in [0.15, 0.2) is 14.7 Å². The molecule has 0 aliphatic carbocycles. The summed E-state index contributed by atoms with van der Waals surface area (Å²) in [5, 5.41) is 2.44. The summed E-state index contributed by atoms with van der Waals surface area (Å²) < 4.78 is 25.2. The van der Waals surface area contributed by atoms with Crippen molar-refractivity contribution in [2.24, 2.45) is 0 Å². The Hall–Kier alpha value is -0.440. The molecule has 1 N–H and O–H groups in total. The summed E-state index contributed by atoms with van der Waals surface area (Å²) in [6.45, 7) is 0.